The van der Waals surface area contributed by atoms with Crippen molar-refractivity contribution >= 4 is 32.3 Å². The van der Waals surface area contributed by atoms with E-state index < -0.39 is 15.7 Å². The van der Waals surface area contributed by atoms with E-state index in [0.29, 0.717) is 21.5 Å². The van der Waals surface area contributed by atoms with E-state index in [1.165, 1.54) is 24.3 Å². The lowest BCUT2D eigenvalue weighted by Crippen LogP contribution is -2.04. The molecule has 4 rings (SSSR count). The van der Waals surface area contributed by atoms with Crippen molar-refractivity contribution in [3.05, 3.63) is 106 Å². The average Bonchev–Trinajstić information content (AvgIpc) is 3.07. The molecule has 0 saturated carbocycles. The monoisotopic (exact) mass is 445 g/mol. The van der Waals surface area contributed by atoms with E-state index in [2.05, 4.69) is 4.98 Å². The first-order valence-electron chi connectivity index (χ1n) is 9.19. The number of halogens is 3. The summed E-state index contributed by atoms with van der Waals surface area (Å²) in [5, 5.41) is 1.16. The molecule has 1 N–H and O–H groups in total. The quantitative estimate of drug-likeness (QED) is 0.420. The van der Waals surface area contributed by atoms with Crippen molar-refractivity contribution in [3.8, 4) is 0 Å². The summed E-state index contributed by atoms with van der Waals surface area (Å²) in [6.45, 7) is 0. The van der Waals surface area contributed by atoms with Crippen molar-refractivity contribution in [3.63, 3.8) is 0 Å². The van der Waals surface area contributed by atoms with E-state index in [4.69, 9.17) is 11.6 Å². The van der Waals surface area contributed by atoms with E-state index in [-0.39, 0.29) is 17.5 Å². The highest BCUT2D eigenvalue weighted by atomic mass is 35.5. The Morgan fingerprint density at radius 2 is 1.53 bits per heavy atom. The Bertz CT molecular complexity index is 1270. The molecular formula is C23H18ClF2NO2S. The van der Waals surface area contributed by atoms with Gasteiger partial charge < -0.3 is 4.98 Å². The fraction of sp³-hybridized carbons (Fsp3) is 0.130. The van der Waals surface area contributed by atoms with Crippen LogP contribution in [-0.2, 0) is 15.6 Å². The third-order valence-corrected chi connectivity index (χ3v) is 6.09. The van der Waals surface area contributed by atoms with Gasteiger partial charge in [-0.1, -0.05) is 35.9 Å². The van der Waals surface area contributed by atoms with Crippen LogP contribution in [0.4, 0.5) is 8.78 Å². The molecule has 1 unspecified atom stereocenters. The molecule has 1 atom stereocenters. The SMILES string of the molecule is CS(=O)(=O)Cc1cc(F)cc2c(C(c3ccc(F)cc3)c3ccc(Cl)cc3)c[nH]c12. The second kappa shape index (κ2) is 7.85. The molecular weight excluding hydrogens is 428 g/mol. The fourth-order valence-electron chi connectivity index (χ4n) is 3.79. The number of fused-ring (bicyclic) bond motifs is 1. The van der Waals surface area contributed by atoms with Crippen LogP contribution in [0.15, 0.2) is 66.9 Å². The van der Waals surface area contributed by atoms with E-state index in [0.717, 1.165) is 22.9 Å². The van der Waals surface area contributed by atoms with Crippen molar-refractivity contribution in [2.45, 2.75) is 11.7 Å². The van der Waals surface area contributed by atoms with Gasteiger partial charge in [-0.15, -0.1) is 0 Å². The highest BCUT2D eigenvalue weighted by Gasteiger charge is 2.22. The van der Waals surface area contributed by atoms with E-state index in [1.54, 1.807) is 30.5 Å². The second-order valence-corrected chi connectivity index (χ2v) is 9.91. The van der Waals surface area contributed by atoms with Crippen LogP contribution in [-0.4, -0.2) is 19.7 Å². The zero-order valence-corrected chi connectivity index (χ0v) is 17.6. The largest absolute Gasteiger partial charge is 0.361 e. The lowest BCUT2D eigenvalue weighted by molar-refractivity contribution is 0.600. The van der Waals surface area contributed by atoms with Gasteiger partial charge in [0, 0.05) is 28.8 Å². The van der Waals surface area contributed by atoms with Crippen molar-refractivity contribution in [1.82, 2.24) is 4.98 Å². The first-order valence-corrected chi connectivity index (χ1v) is 11.6. The van der Waals surface area contributed by atoms with Gasteiger partial charge in [-0.25, -0.2) is 17.2 Å². The molecule has 0 aliphatic heterocycles. The molecule has 30 heavy (non-hydrogen) atoms. The van der Waals surface area contributed by atoms with Crippen LogP contribution >= 0.6 is 11.6 Å². The van der Waals surface area contributed by atoms with Crippen molar-refractivity contribution in [2.75, 3.05) is 6.26 Å². The Morgan fingerprint density at radius 3 is 2.13 bits per heavy atom. The predicted octanol–water partition coefficient (Wildman–Crippen LogP) is 5.82. The Hall–Kier alpha value is -2.70. The second-order valence-electron chi connectivity index (χ2n) is 7.34. The van der Waals surface area contributed by atoms with Gasteiger partial charge in [0.05, 0.1) is 11.3 Å². The van der Waals surface area contributed by atoms with Crippen LogP contribution < -0.4 is 0 Å². The summed E-state index contributed by atoms with van der Waals surface area (Å²) in [5.41, 5.74) is 3.40. The molecule has 0 bridgehead atoms. The third-order valence-electron chi connectivity index (χ3n) is 5.00. The molecule has 0 aliphatic rings. The van der Waals surface area contributed by atoms with Gasteiger partial charge in [0.25, 0.3) is 0 Å². The molecule has 7 heteroatoms. The van der Waals surface area contributed by atoms with Crippen LogP contribution in [0.2, 0.25) is 5.02 Å². The normalized spacial score (nSPS) is 12.9. The number of rotatable bonds is 5. The molecule has 0 spiro atoms. The number of aromatic amines is 1. The Labute approximate surface area is 178 Å². The first kappa shape index (κ1) is 20.6. The molecule has 4 aromatic rings. The summed E-state index contributed by atoms with van der Waals surface area (Å²) in [6, 6.07) is 16.0. The van der Waals surface area contributed by atoms with Gasteiger partial charge in [0.1, 0.15) is 11.6 Å². The van der Waals surface area contributed by atoms with Gasteiger partial charge in [0.15, 0.2) is 9.84 Å². The Balaban J connectivity index is 1.95. The maximum absolute atomic E-state index is 14.4. The van der Waals surface area contributed by atoms with Gasteiger partial charge >= 0.3 is 0 Å². The highest BCUT2D eigenvalue weighted by molar-refractivity contribution is 7.89. The van der Waals surface area contributed by atoms with Crippen molar-refractivity contribution in [2.24, 2.45) is 0 Å². The summed E-state index contributed by atoms with van der Waals surface area (Å²) < 4.78 is 51.6. The number of sulfone groups is 1. The zero-order chi connectivity index (χ0) is 21.5. The highest BCUT2D eigenvalue weighted by Crippen LogP contribution is 2.38. The van der Waals surface area contributed by atoms with Gasteiger partial charge in [0.2, 0.25) is 0 Å². The summed E-state index contributed by atoms with van der Waals surface area (Å²) >= 11 is 6.04. The number of hydrogen-bond acceptors (Lipinski definition) is 2. The number of hydrogen-bond donors (Lipinski definition) is 1. The molecule has 0 saturated heterocycles. The van der Waals surface area contributed by atoms with Crippen molar-refractivity contribution in [1.29, 1.82) is 0 Å². The topological polar surface area (TPSA) is 49.9 Å². The van der Waals surface area contributed by atoms with Gasteiger partial charge in [-0.2, -0.15) is 0 Å². The van der Waals surface area contributed by atoms with Crippen molar-refractivity contribution < 1.29 is 17.2 Å². The summed E-state index contributed by atoms with van der Waals surface area (Å²) in [6.07, 6.45) is 2.86. The van der Waals surface area contributed by atoms with Gasteiger partial charge in [-0.3, -0.25) is 0 Å². The molecule has 154 valence electrons. The number of nitrogens with one attached hydrogen (secondary N) is 1. The minimum Gasteiger partial charge on any atom is -0.361 e. The minimum atomic E-state index is -3.35. The molecule has 1 heterocycles. The number of benzene rings is 3. The lowest BCUT2D eigenvalue weighted by atomic mass is 9.85. The summed E-state index contributed by atoms with van der Waals surface area (Å²) in [7, 11) is -3.35. The lowest BCUT2D eigenvalue weighted by Gasteiger charge is -2.18. The number of aromatic nitrogens is 1. The Kier molecular flexibility index (Phi) is 5.38. The van der Waals surface area contributed by atoms with Crippen LogP contribution in [0, 0.1) is 11.6 Å². The molecule has 0 amide bonds. The number of H-pyrrole nitrogens is 1. The molecule has 1 aromatic heterocycles. The van der Waals surface area contributed by atoms with Crippen LogP contribution in [0.1, 0.15) is 28.2 Å². The molecule has 3 nitrogen and oxygen atoms in total. The minimum absolute atomic E-state index is 0.274. The fourth-order valence-corrected chi connectivity index (χ4v) is 4.70. The third kappa shape index (κ3) is 4.25. The van der Waals surface area contributed by atoms with Gasteiger partial charge in [-0.05, 0) is 58.7 Å². The van der Waals surface area contributed by atoms with E-state index in [1.807, 2.05) is 12.1 Å². The zero-order valence-electron chi connectivity index (χ0n) is 16.0. The summed E-state index contributed by atoms with van der Waals surface area (Å²) in [5.74, 6) is -1.47. The maximum atomic E-state index is 14.4. The molecule has 0 radical (unpaired) electrons. The summed E-state index contributed by atoms with van der Waals surface area (Å²) in [4.78, 5) is 3.12. The maximum Gasteiger partial charge on any atom is 0.151 e. The smallest absolute Gasteiger partial charge is 0.151 e. The van der Waals surface area contributed by atoms with Crippen LogP contribution in [0.5, 0.6) is 0 Å². The van der Waals surface area contributed by atoms with Crippen LogP contribution in [0.3, 0.4) is 0 Å². The molecule has 0 aliphatic carbocycles. The predicted molar refractivity (Wildman–Crippen MR) is 116 cm³/mol. The average molecular weight is 446 g/mol. The van der Waals surface area contributed by atoms with E-state index in [9.17, 15) is 17.2 Å². The van der Waals surface area contributed by atoms with E-state index >= 15 is 0 Å². The molecule has 3 aromatic carbocycles. The molecule has 0 fully saturated rings. The van der Waals surface area contributed by atoms with Crippen LogP contribution in [0.25, 0.3) is 10.9 Å². The first-order chi connectivity index (χ1) is 14.2. The Morgan fingerprint density at radius 1 is 0.933 bits per heavy atom. The standard InChI is InChI=1S/C23H18ClF2NO2S/c1-30(28,29)13-16-10-19(26)11-20-21(12-27-23(16)20)22(14-2-6-17(24)7-3-14)15-4-8-18(25)9-5-15/h2-12,22,27H,13H2,1H3.